The van der Waals surface area contributed by atoms with Crippen molar-refractivity contribution >= 4 is 11.0 Å². The number of furan rings is 1. The minimum absolute atomic E-state index is 0.292. The van der Waals surface area contributed by atoms with Gasteiger partial charge in [-0.1, -0.05) is 108 Å². The first-order chi connectivity index (χ1) is 18.1. The molecule has 0 radical (unpaired) electrons. The number of hydrogen-bond donors (Lipinski definition) is 0. The van der Waals surface area contributed by atoms with Crippen LogP contribution in [0, 0.1) is 11.6 Å². The smallest absolute Gasteiger partial charge is 0.166 e. The van der Waals surface area contributed by atoms with Crippen molar-refractivity contribution < 1.29 is 13.2 Å². The zero-order valence-corrected chi connectivity index (χ0v) is 22.4. The van der Waals surface area contributed by atoms with Crippen LogP contribution in [-0.4, -0.2) is 0 Å². The van der Waals surface area contributed by atoms with Gasteiger partial charge in [0.2, 0.25) is 0 Å². The van der Waals surface area contributed by atoms with Gasteiger partial charge in [0.05, 0.1) is 0 Å². The third-order valence-electron chi connectivity index (χ3n) is 7.35. The SMILES string of the molecule is CCCCCCCc1ccc(-c2cc3cc(-c4ccc(CCCCCCC)c(F)c4F)ccc3o2)cc1. The fourth-order valence-corrected chi connectivity index (χ4v) is 5.05. The van der Waals surface area contributed by atoms with Crippen LogP contribution in [0.4, 0.5) is 8.78 Å². The maximum atomic E-state index is 15.0. The number of rotatable bonds is 14. The van der Waals surface area contributed by atoms with Crippen LogP contribution in [0.2, 0.25) is 0 Å². The lowest BCUT2D eigenvalue weighted by Gasteiger charge is -2.09. The Labute approximate surface area is 220 Å². The lowest BCUT2D eigenvalue weighted by atomic mass is 9.98. The predicted molar refractivity (Wildman–Crippen MR) is 152 cm³/mol. The van der Waals surface area contributed by atoms with Crippen molar-refractivity contribution in [1.82, 2.24) is 0 Å². The van der Waals surface area contributed by atoms with Gasteiger partial charge in [-0.25, -0.2) is 8.78 Å². The Morgan fingerprint density at radius 1 is 0.595 bits per heavy atom. The van der Waals surface area contributed by atoms with Crippen molar-refractivity contribution in [3.8, 4) is 22.5 Å². The molecule has 0 saturated heterocycles. The van der Waals surface area contributed by atoms with Crippen LogP contribution in [0.15, 0.2) is 65.1 Å². The fourth-order valence-electron chi connectivity index (χ4n) is 5.05. The van der Waals surface area contributed by atoms with Crippen LogP contribution >= 0.6 is 0 Å². The quantitative estimate of drug-likeness (QED) is 0.156. The van der Waals surface area contributed by atoms with Crippen LogP contribution < -0.4 is 0 Å². The molecule has 1 heterocycles. The number of aryl methyl sites for hydroxylation is 2. The van der Waals surface area contributed by atoms with Gasteiger partial charge in [-0.3, -0.25) is 0 Å². The lowest BCUT2D eigenvalue weighted by molar-refractivity contribution is 0.497. The number of hydrogen-bond acceptors (Lipinski definition) is 1. The van der Waals surface area contributed by atoms with Crippen LogP contribution in [0.25, 0.3) is 33.4 Å². The third kappa shape index (κ3) is 7.09. The molecule has 0 N–H and O–H groups in total. The first-order valence-electron chi connectivity index (χ1n) is 14.2. The van der Waals surface area contributed by atoms with Gasteiger partial charge < -0.3 is 4.42 Å². The number of benzene rings is 3. The minimum atomic E-state index is -0.764. The molecular formula is C34H40F2O. The van der Waals surface area contributed by atoms with Crippen molar-refractivity contribution in [3.05, 3.63) is 83.4 Å². The van der Waals surface area contributed by atoms with Crippen molar-refractivity contribution in [3.63, 3.8) is 0 Å². The Kier molecular flexibility index (Phi) is 9.93. The molecule has 4 rings (SSSR count). The zero-order valence-electron chi connectivity index (χ0n) is 22.4. The average Bonchev–Trinajstić information content (AvgIpc) is 3.35. The van der Waals surface area contributed by atoms with Crippen molar-refractivity contribution in [1.29, 1.82) is 0 Å². The number of halogens is 2. The molecule has 3 aromatic carbocycles. The van der Waals surface area contributed by atoms with E-state index in [-0.39, 0.29) is 0 Å². The van der Waals surface area contributed by atoms with Crippen LogP contribution in [-0.2, 0) is 12.8 Å². The molecule has 0 aliphatic carbocycles. The summed E-state index contributed by atoms with van der Waals surface area (Å²) in [5, 5.41) is 0.882. The second kappa shape index (κ2) is 13.6. The minimum Gasteiger partial charge on any atom is -0.456 e. The first kappa shape index (κ1) is 27.1. The Hall–Kier alpha value is -2.94. The summed E-state index contributed by atoms with van der Waals surface area (Å²) >= 11 is 0. The standard InChI is InChI=1S/C34H40F2O/c1-3-5-7-9-11-13-25-15-17-26(18-16-25)32-24-29-23-28(20-22-31(29)37-32)30-21-19-27(33(35)34(30)36)14-12-10-8-6-4-2/h15-24H,3-14H2,1-2H3. The summed E-state index contributed by atoms with van der Waals surface area (Å²) in [6.45, 7) is 4.41. The van der Waals surface area contributed by atoms with Crippen LogP contribution in [0.5, 0.6) is 0 Å². The highest BCUT2D eigenvalue weighted by molar-refractivity contribution is 5.87. The molecule has 0 aliphatic rings. The Bertz CT molecular complexity index is 1270. The van der Waals surface area contributed by atoms with E-state index in [0.29, 0.717) is 23.1 Å². The molecule has 37 heavy (non-hydrogen) atoms. The second-order valence-electron chi connectivity index (χ2n) is 10.3. The van der Waals surface area contributed by atoms with E-state index >= 15 is 4.39 Å². The third-order valence-corrected chi connectivity index (χ3v) is 7.35. The molecule has 0 fully saturated rings. The average molecular weight is 503 g/mol. The molecule has 196 valence electrons. The largest absolute Gasteiger partial charge is 0.456 e. The molecular weight excluding hydrogens is 462 g/mol. The normalized spacial score (nSPS) is 11.5. The van der Waals surface area contributed by atoms with E-state index in [4.69, 9.17) is 4.42 Å². The van der Waals surface area contributed by atoms with Crippen LogP contribution in [0.3, 0.4) is 0 Å². The highest BCUT2D eigenvalue weighted by Gasteiger charge is 2.16. The molecule has 0 unspecified atom stereocenters. The van der Waals surface area contributed by atoms with Crippen molar-refractivity contribution in [2.45, 2.75) is 90.9 Å². The van der Waals surface area contributed by atoms with Gasteiger partial charge in [0.1, 0.15) is 11.3 Å². The molecule has 3 heteroatoms. The van der Waals surface area contributed by atoms with Gasteiger partial charge in [-0.05, 0) is 60.6 Å². The van der Waals surface area contributed by atoms with E-state index in [1.54, 1.807) is 18.2 Å². The monoisotopic (exact) mass is 502 g/mol. The summed E-state index contributed by atoms with van der Waals surface area (Å²) in [4.78, 5) is 0. The van der Waals surface area contributed by atoms with E-state index in [1.807, 2.05) is 18.2 Å². The summed E-state index contributed by atoms with van der Waals surface area (Å²) in [5.74, 6) is -0.697. The van der Waals surface area contributed by atoms with Crippen molar-refractivity contribution in [2.24, 2.45) is 0 Å². The fraction of sp³-hybridized carbons (Fsp3) is 0.412. The van der Waals surface area contributed by atoms with E-state index in [2.05, 4.69) is 38.1 Å². The molecule has 0 bridgehead atoms. The number of unbranched alkanes of at least 4 members (excludes halogenated alkanes) is 8. The van der Waals surface area contributed by atoms with Gasteiger partial charge in [0.25, 0.3) is 0 Å². The Morgan fingerprint density at radius 3 is 1.95 bits per heavy atom. The predicted octanol–water partition coefficient (Wildman–Crippen LogP) is 11.1. The molecule has 0 aliphatic heterocycles. The van der Waals surface area contributed by atoms with Gasteiger partial charge in [0.15, 0.2) is 11.6 Å². The van der Waals surface area contributed by atoms with E-state index in [1.165, 1.54) is 50.5 Å². The zero-order chi connectivity index (χ0) is 26.0. The molecule has 4 aromatic rings. The molecule has 0 spiro atoms. The summed E-state index contributed by atoms with van der Waals surface area (Å²) in [6, 6.07) is 19.5. The van der Waals surface area contributed by atoms with E-state index in [9.17, 15) is 4.39 Å². The summed E-state index contributed by atoms with van der Waals surface area (Å²) in [5.41, 5.74) is 4.52. The van der Waals surface area contributed by atoms with Gasteiger partial charge in [-0.2, -0.15) is 0 Å². The number of fused-ring (bicyclic) bond motifs is 1. The second-order valence-corrected chi connectivity index (χ2v) is 10.3. The van der Waals surface area contributed by atoms with E-state index < -0.39 is 11.6 Å². The lowest BCUT2D eigenvalue weighted by Crippen LogP contribution is -1.97. The van der Waals surface area contributed by atoms with Crippen LogP contribution in [0.1, 0.15) is 89.2 Å². The van der Waals surface area contributed by atoms with Gasteiger partial charge >= 0.3 is 0 Å². The van der Waals surface area contributed by atoms with Gasteiger partial charge in [-0.15, -0.1) is 0 Å². The summed E-state index contributed by atoms with van der Waals surface area (Å²) < 4.78 is 36.0. The Balaban J connectivity index is 1.45. The van der Waals surface area contributed by atoms with Crippen molar-refractivity contribution in [2.75, 3.05) is 0 Å². The molecule has 1 aromatic heterocycles. The summed E-state index contributed by atoms with van der Waals surface area (Å²) in [7, 11) is 0. The highest BCUT2D eigenvalue weighted by Crippen LogP contribution is 2.33. The van der Waals surface area contributed by atoms with E-state index in [0.717, 1.165) is 48.0 Å². The molecule has 1 nitrogen and oxygen atoms in total. The van der Waals surface area contributed by atoms with Gasteiger partial charge in [0, 0.05) is 16.5 Å². The molecule has 0 amide bonds. The molecule has 0 saturated carbocycles. The topological polar surface area (TPSA) is 13.1 Å². The first-order valence-corrected chi connectivity index (χ1v) is 14.2. The molecule has 0 atom stereocenters. The Morgan fingerprint density at radius 2 is 1.24 bits per heavy atom. The highest BCUT2D eigenvalue weighted by atomic mass is 19.2. The maximum absolute atomic E-state index is 15.0. The maximum Gasteiger partial charge on any atom is 0.166 e. The summed E-state index contributed by atoms with van der Waals surface area (Å²) in [6.07, 6.45) is 13.6.